The smallest absolute Gasteiger partial charge is 0.258 e. The lowest BCUT2D eigenvalue weighted by Gasteiger charge is -2.19. The Hall–Kier alpha value is -3.43. The number of para-hydroxylation sites is 1. The lowest BCUT2D eigenvalue weighted by molar-refractivity contribution is -0.134. The first-order valence-electron chi connectivity index (χ1n) is 9.90. The van der Waals surface area contributed by atoms with Gasteiger partial charge in [0.2, 0.25) is 17.7 Å². The predicted octanol–water partition coefficient (Wildman–Crippen LogP) is -0.133. The Morgan fingerprint density at radius 2 is 2.03 bits per heavy atom. The van der Waals surface area contributed by atoms with Crippen molar-refractivity contribution in [1.29, 1.82) is 0 Å². The van der Waals surface area contributed by atoms with E-state index in [-0.39, 0.29) is 42.7 Å². The summed E-state index contributed by atoms with van der Waals surface area (Å²) in [5, 5.41) is 13.2. The zero-order valence-corrected chi connectivity index (χ0v) is 16.6. The van der Waals surface area contributed by atoms with Gasteiger partial charge in [-0.05, 0) is 18.9 Å². The topological polar surface area (TPSA) is 131 Å². The van der Waals surface area contributed by atoms with Crippen molar-refractivity contribution in [2.75, 3.05) is 13.2 Å². The second-order valence-electron chi connectivity index (χ2n) is 7.56. The van der Waals surface area contributed by atoms with Crippen LogP contribution in [0.25, 0.3) is 10.9 Å². The van der Waals surface area contributed by atoms with Crippen LogP contribution in [0.2, 0.25) is 0 Å². The number of nitrogens with zero attached hydrogens (tertiary/aromatic N) is 2. The highest BCUT2D eigenvalue weighted by molar-refractivity contribution is 6.03. The molecular formula is C20H23N5O5. The fourth-order valence-electron chi connectivity index (χ4n) is 3.92. The molecule has 3 N–H and O–H groups in total. The van der Waals surface area contributed by atoms with Crippen LogP contribution in [-0.2, 0) is 26.2 Å². The van der Waals surface area contributed by atoms with Crippen molar-refractivity contribution >= 4 is 34.5 Å². The van der Waals surface area contributed by atoms with Crippen LogP contribution < -0.4 is 20.7 Å². The summed E-state index contributed by atoms with van der Waals surface area (Å²) in [5.74, 6) is -0.947. The number of carbonyl (C=O) groups is 4. The van der Waals surface area contributed by atoms with Gasteiger partial charge >= 0.3 is 0 Å². The van der Waals surface area contributed by atoms with Crippen molar-refractivity contribution in [3.05, 3.63) is 23.9 Å². The average molecular weight is 413 g/mol. The number of rotatable bonds is 6. The molecular weight excluding hydrogens is 390 g/mol. The van der Waals surface area contributed by atoms with Gasteiger partial charge in [-0.2, -0.15) is 5.10 Å². The molecule has 10 heteroatoms. The molecule has 3 heterocycles. The van der Waals surface area contributed by atoms with E-state index in [1.165, 1.54) is 0 Å². The lowest BCUT2D eigenvalue weighted by atomic mass is 9.93. The minimum absolute atomic E-state index is 0.000187. The predicted molar refractivity (Wildman–Crippen MR) is 106 cm³/mol. The summed E-state index contributed by atoms with van der Waals surface area (Å²) in [5.41, 5.74) is 1.26. The Morgan fingerprint density at radius 3 is 2.77 bits per heavy atom. The minimum atomic E-state index is -0.508. The maximum absolute atomic E-state index is 12.3. The Bertz CT molecular complexity index is 1030. The highest BCUT2D eigenvalue weighted by Crippen LogP contribution is 2.34. The largest absolute Gasteiger partial charge is 0.482 e. The van der Waals surface area contributed by atoms with Gasteiger partial charge in [0.1, 0.15) is 11.3 Å². The molecule has 4 rings (SSSR count). The van der Waals surface area contributed by atoms with Crippen LogP contribution in [0.15, 0.2) is 18.2 Å². The second-order valence-corrected chi connectivity index (χ2v) is 7.56. The van der Waals surface area contributed by atoms with Crippen LogP contribution in [0, 0.1) is 0 Å². The Labute approximate surface area is 172 Å². The van der Waals surface area contributed by atoms with Crippen LogP contribution in [0.4, 0.5) is 0 Å². The van der Waals surface area contributed by atoms with Crippen molar-refractivity contribution in [2.24, 2.45) is 7.05 Å². The van der Waals surface area contributed by atoms with Gasteiger partial charge in [-0.15, -0.1) is 0 Å². The zero-order valence-electron chi connectivity index (χ0n) is 16.6. The molecule has 0 bridgehead atoms. The van der Waals surface area contributed by atoms with Gasteiger partial charge in [0.05, 0.1) is 11.6 Å². The van der Waals surface area contributed by atoms with Crippen LogP contribution in [-0.4, -0.2) is 52.6 Å². The molecule has 0 aliphatic carbocycles. The summed E-state index contributed by atoms with van der Waals surface area (Å²) >= 11 is 0. The van der Waals surface area contributed by atoms with Gasteiger partial charge in [0.25, 0.3) is 5.91 Å². The molecule has 30 heavy (non-hydrogen) atoms. The molecule has 1 aromatic carbocycles. The van der Waals surface area contributed by atoms with Crippen molar-refractivity contribution in [3.8, 4) is 5.75 Å². The van der Waals surface area contributed by atoms with Gasteiger partial charge in [0.15, 0.2) is 6.61 Å². The molecule has 0 saturated carbocycles. The Balaban J connectivity index is 1.45. The molecule has 2 aliphatic rings. The maximum atomic E-state index is 12.3. The van der Waals surface area contributed by atoms with Gasteiger partial charge in [-0.3, -0.25) is 29.2 Å². The molecule has 1 unspecified atom stereocenters. The molecule has 2 fully saturated rings. The number of hydrogen-bond donors (Lipinski definition) is 3. The molecule has 2 aromatic rings. The molecule has 10 nitrogen and oxygen atoms in total. The van der Waals surface area contributed by atoms with E-state index in [1.807, 2.05) is 6.07 Å². The molecule has 2 atom stereocenters. The monoisotopic (exact) mass is 413 g/mol. The first kappa shape index (κ1) is 19.9. The lowest BCUT2D eigenvalue weighted by Crippen LogP contribution is -2.40. The van der Waals surface area contributed by atoms with E-state index in [9.17, 15) is 19.2 Å². The van der Waals surface area contributed by atoms with E-state index in [0.29, 0.717) is 42.8 Å². The van der Waals surface area contributed by atoms with E-state index >= 15 is 0 Å². The van der Waals surface area contributed by atoms with Gasteiger partial charge < -0.3 is 15.4 Å². The number of nitrogens with one attached hydrogen (secondary N) is 3. The molecule has 158 valence electrons. The average Bonchev–Trinajstić information content (AvgIpc) is 3.28. The van der Waals surface area contributed by atoms with E-state index in [4.69, 9.17) is 4.74 Å². The maximum Gasteiger partial charge on any atom is 0.258 e. The van der Waals surface area contributed by atoms with E-state index in [2.05, 4.69) is 21.0 Å². The summed E-state index contributed by atoms with van der Waals surface area (Å²) in [6.07, 6.45) is 1.86. The summed E-state index contributed by atoms with van der Waals surface area (Å²) < 4.78 is 7.35. The molecule has 0 spiro atoms. The molecule has 1 aromatic heterocycles. The number of fused-ring (bicyclic) bond motifs is 1. The second kappa shape index (κ2) is 8.13. The number of imide groups is 1. The third-order valence-corrected chi connectivity index (χ3v) is 5.41. The van der Waals surface area contributed by atoms with Crippen molar-refractivity contribution in [1.82, 2.24) is 25.7 Å². The normalized spacial score (nSPS) is 21.4. The van der Waals surface area contributed by atoms with Crippen molar-refractivity contribution < 1.29 is 23.9 Å². The van der Waals surface area contributed by atoms with E-state index < -0.39 is 5.92 Å². The number of carbonyl (C=O) groups excluding carboxylic acids is 4. The molecule has 0 radical (unpaired) electrons. The number of aryl methyl sites for hydroxylation is 1. The molecule has 2 aliphatic heterocycles. The number of ether oxygens (including phenoxy) is 1. The summed E-state index contributed by atoms with van der Waals surface area (Å²) in [4.78, 5) is 47.1. The SMILES string of the molecule is Cn1nc(C2CCC(=O)NC2=O)c2cccc(OCC(=O)NC[C@H]3CCC(=O)N3)c21. The summed E-state index contributed by atoms with van der Waals surface area (Å²) in [7, 11) is 1.74. The summed E-state index contributed by atoms with van der Waals surface area (Å²) in [6.45, 7) is 0.183. The zero-order chi connectivity index (χ0) is 21.3. The molecule has 4 amide bonds. The fourth-order valence-corrected chi connectivity index (χ4v) is 3.92. The summed E-state index contributed by atoms with van der Waals surface area (Å²) in [6, 6.07) is 5.32. The van der Waals surface area contributed by atoms with Crippen molar-refractivity contribution in [2.45, 2.75) is 37.6 Å². The van der Waals surface area contributed by atoms with Crippen molar-refractivity contribution in [3.63, 3.8) is 0 Å². The highest BCUT2D eigenvalue weighted by atomic mass is 16.5. The van der Waals surface area contributed by atoms with Crippen LogP contribution in [0.5, 0.6) is 5.75 Å². The third kappa shape index (κ3) is 3.98. The van der Waals surface area contributed by atoms with Crippen LogP contribution >= 0.6 is 0 Å². The Kier molecular flexibility index (Phi) is 5.39. The van der Waals surface area contributed by atoms with Crippen LogP contribution in [0.1, 0.15) is 37.3 Å². The Morgan fingerprint density at radius 1 is 1.23 bits per heavy atom. The minimum Gasteiger partial charge on any atom is -0.482 e. The number of aromatic nitrogens is 2. The van der Waals surface area contributed by atoms with Gasteiger partial charge in [-0.25, -0.2) is 0 Å². The number of piperidine rings is 1. The quantitative estimate of drug-likeness (QED) is 0.565. The van der Waals surface area contributed by atoms with E-state index in [1.54, 1.807) is 23.9 Å². The number of benzene rings is 1. The molecule has 2 saturated heterocycles. The van der Waals surface area contributed by atoms with Gasteiger partial charge in [-0.1, -0.05) is 12.1 Å². The van der Waals surface area contributed by atoms with Gasteiger partial charge in [0, 0.05) is 37.9 Å². The van der Waals surface area contributed by atoms with Crippen LogP contribution in [0.3, 0.4) is 0 Å². The third-order valence-electron chi connectivity index (χ3n) is 5.41. The van der Waals surface area contributed by atoms with E-state index in [0.717, 1.165) is 5.39 Å². The standard InChI is InChI=1S/C20H23N5O5/c1-25-19-12(18(24-25)13-6-8-16(27)23-20(13)29)3-2-4-14(19)30-10-17(28)21-9-11-5-7-15(26)22-11/h2-4,11,13H,5-10H2,1H3,(H,21,28)(H,22,26)(H,23,27,29)/t11-,13?/m1/s1. The number of hydrogen-bond acceptors (Lipinski definition) is 6. The first-order valence-corrected chi connectivity index (χ1v) is 9.90. The first-order chi connectivity index (χ1) is 14.4. The highest BCUT2D eigenvalue weighted by Gasteiger charge is 2.32. The number of amides is 4. The fraction of sp³-hybridized carbons (Fsp3) is 0.450.